The number of carboxylic acids is 2. The number of hydrogen-bond donors (Lipinski definition) is 7. The highest BCUT2D eigenvalue weighted by molar-refractivity contribution is 7.98. The Bertz CT molecular complexity index is 733. The van der Waals surface area contributed by atoms with Gasteiger partial charge in [0.1, 0.15) is 18.1 Å². The smallest absolute Gasteiger partial charge is 0.326 e. The maximum Gasteiger partial charge on any atom is 0.326 e. The van der Waals surface area contributed by atoms with Gasteiger partial charge in [-0.25, -0.2) is 4.79 Å². The SMILES string of the molecule is CSCCC(NC(=O)C(N)CC(C)C)C(=O)NC(CC(N)=O)C(=O)NC(CC(=O)O)C(=O)O. The second kappa shape index (κ2) is 15.1. The first-order valence-corrected chi connectivity index (χ1v) is 11.6. The van der Waals surface area contributed by atoms with Crippen molar-refractivity contribution in [3.05, 3.63) is 0 Å². The molecule has 188 valence electrons. The van der Waals surface area contributed by atoms with Crippen LogP contribution in [0.1, 0.15) is 39.5 Å². The lowest BCUT2D eigenvalue weighted by Gasteiger charge is -2.24. The van der Waals surface area contributed by atoms with Gasteiger partial charge in [-0.15, -0.1) is 0 Å². The summed E-state index contributed by atoms with van der Waals surface area (Å²) in [5, 5.41) is 24.7. The number of nitrogens with one attached hydrogen (secondary N) is 3. The number of nitrogens with two attached hydrogens (primary N) is 2. The van der Waals surface area contributed by atoms with Crippen LogP contribution in [0.4, 0.5) is 0 Å². The van der Waals surface area contributed by atoms with Crippen LogP contribution in [0.5, 0.6) is 0 Å². The van der Waals surface area contributed by atoms with Crippen molar-refractivity contribution in [3.63, 3.8) is 0 Å². The van der Waals surface area contributed by atoms with Crippen LogP contribution < -0.4 is 27.4 Å². The summed E-state index contributed by atoms with van der Waals surface area (Å²) in [4.78, 5) is 71.1. The van der Waals surface area contributed by atoms with Gasteiger partial charge >= 0.3 is 11.9 Å². The molecule has 14 heteroatoms. The number of hydrogen-bond acceptors (Lipinski definition) is 8. The molecule has 0 spiro atoms. The van der Waals surface area contributed by atoms with Crippen LogP contribution in [0.15, 0.2) is 0 Å². The van der Waals surface area contributed by atoms with E-state index in [9.17, 15) is 28.8 Å². The van der Waals surface area contributed by atoms with E-state index < -0.39 is 72.6 Å². The molecule has 0 fully saturated rings. The van der Waals surface area contributed by atoms with Crippen LogP contribution in [0.3, 0.4) is 0 Å². The van der Waals surface area contributed by atoms with Crippen LogP contribution >= 0.6 is 11.8 Å². The molecule has 0 aromatic carbocycles. The predicted octanol–water partition coefficient (Wildman–Crippen LogP) is -2.00. The zero-order chi connectivity index (χ0) is 25.7. The molecule has 0 aliphatic rings. The molecular weight excluding hydrogens is 458 g/mol. The van der Waals surface area contributed by atoms with E-state index in [1.807, 2.05) is 19.2 Å². The molecule has 33 heavy (non-hydrogen) atoms. The van der Waals surface area contributed by atoms with Crippen LogP contribution in [0.25, 0.3) is 0 Å². The number of aliphatic carboxylic acids is 2. The molecule has 0 aliphatic heterocycles. The summed E-state index contributed by atoms with van der Waals surface area (Å²) in [5.74, 6) is -5.92. The van der Waals surface area contributed by atoms with Crippen molar-refractivity contribution in [2.75, 3.05) is 12.0 Å². The average molecular weight is 492 g/mol. The molecule has 4 atom stereocenters. The van der Waals surface area contributed by atoms with Gasteiger partial charge in [0.15, 0.2) is 0 Å². The highest BCUT2D eigenvalue weighted by Crippen LogP contribution is 2.07. The predicted molar refractivity (Wildman–Crippen MR) is 120 cm³/mol. The normalized spacial score (nSPS) is 14.5. The zero-order valence-corrected chi connectivity index (χ0v) is 19.6. The van der Waals surface area contributed by atoms with Gasteiger partial charge in [0.25, 0.3) is 0 Å². The molecule has 0 saturated heterocycles. The van der Waals surface area contributed by atoms with Gasteiger partial charge in [-0.05, 0) is 30.8 Å². The molecule has 0 heterocycles. The van der Waals surface area contributed by atoms with Gasteiger partial charge in [0.2, 0.25) is 23.6 Å². The topological polar surface area (TPSA) is 231 Å². The summed E-state index contributed by atoms with van der Waals surface area (Å²) < 4.78 is 0. The lowest BCUT2D eigenvalue weighted by Crippen LogP contribution is -2.58. The van der Waals surface area contributed by atoms with Crippen molar-refractivity contribution < 1.29 is 39.0 Å². The summed E-state index contributed by atoms with van der Waals surface area (Å²) in [6.45, 7) is 3.76. The standard InChI is InChI=1S/C19H33N5O8S/c1-9(2)6-10(20)16(28)22-11(4-5-33-3)17(29)23-12(7-14(21)25)18(30)24-13(19(31)32)8-15(26)27/h9-13H,4-8,20H2,1-3H3,(H2,21,25)(H,22,28)(H,23,29)(H,24,30)(H,26,27)(H,31,32). The van der Waals surface area contributed by atoms with E-state index in [1.165, 1.54) is 11.8 Å². The maximum absolute atomic E-state index is 12.8. The third kappa shape index (κ3) is 12.7. The number of carbonyl (C=O) groups is 6. The summed E-state index contributed by atoms with van der Waals surface area (Å²) in [7, 11) is 0. The number of carboxylic acid groups (broad SMARTS) is 2. The molecule has 4 amide bonds. The van der Waals surface area contributed by atoms with Gasteiger partial charge in [-0.1, -0.05) is 13.8 Å². The fourth-order valence-electron chi connectivity index (χ4n) is 2.73. The Kier molecular flexibility index (Phi) is 13.7. The zero-order valence-electron chi connectivity index (χ0n) is 18.8. The fraction of sp³-hybridized carbons (Fsp3) is 0.684. The molecule has 9 N–H and O–H groups in total. The van der Waals surface area contributed by atoms with Crippen molar-refractivity contribution in [1.82, 2.24) is 16.0 Å². The largest absolute Gasteiger partial charge is 0.481 e. The van der Waals surface area contributed by atoms with Crippen LogP contribution in [0, 0.1) is 5.92 Å². The van der Waals surface area contributed by atoms with E-state index in [2.05, 4.69) is 10.6 Å². The first-order valence-electron chi connectivity index (χ1n) is 10.2. The van der Waals surface area contributed by atoms with Crippen LogP contribution in [0.2, 0.25) is 0 Å². The van der Waals surface area contributed by atoms with E-state index >= 15 is 0 Å². The first kappa shape index (κ1) is 30.1. The monoisotopic (exact) mass is 491 g/mol. The van der Waals surface area contributed by atoms with Crippen molar-refractivity contribution in [3.8, 4) is 0 Å². The molecular formula is C19H33N5O8S. The molecule has 4 unspecified atom stereocenters. The van der Waals surface area contributed by atoms with Crippen molar-refractivity contribution in [2.24, 2.45) is 17.4 Å². The van der Waals surface area contributed by atoms with Crippen LogP contribution in [-0.2, 0) is 28.8 Å². The average Bonchev–Trinajstić information content (AvgIpc) is 2.68. The Hall–Kier alpha value is -2.87. The fourth-order valence-corrected chi connectivity index (χ4v) is 3.20. The Labute approximate surface area is 195 Å². The number of thioether (sulfide) groups is 1. The highest BCUT2D eigenvalue weighted by Gasteiger charge is 2.31. The number of carbonyl (C=O) groups excluding carboxylic acids is 4. The van der Waals surface area contributed by atoms with Gasteiger partial charge < -0.3 is 37.6 Å². The number of primary amides is 1. The molecule has 0 rings (SSSR count). The van der Waals surface area contributed by atoms with Gasteiger partial charge in [-0.3, -0.25) is 24.0 Å². The lowest BCUT2D eigenvalue weighted by molar-refractivity contribution is -0.147. The first-order chi connectivity index (χ1) is 15.3. The second-order valence-electron chi connectivity index (χ2n) is 7.81. The minimum atomic E-state index is -1.79. The van der Waals surface area contributed by atoms with E-state index in [4.69, 9.17) is 21.7 Å². The van der Waals surface area contributed by atoms with E-state index in [0.717, 1.165) is 0 Å². The van der Waals surface area contributed by atoms with Gasteiger partial charge in [-0.2, -0.15) is 11.8 Å². The van der Waals surface area contributed by atoms with Crippen LogP contribution in [-0.4, -0.2) is 82.0 Å². The number of rotatable bonds is 16. The maximum atomic E-state index is 12.8. The lowest BCUT2D eigenvalue weighted by atomic mass is 10.0. The number of amides is 4. The summed E-state index contributed by atoms with van der Waals surface area (Å²) in [6, 6.07) is -5.31. The Morgan fingerprint density at radius 3 is 1.82 bits per heavy atom. The van der Waals surface area contributed by atoms with Crippen molar-refractivity contribution >= 4 is 47.3 Å². The molecule has 0 bridgehead atoms. The van der Waals surface area contributed by atoms with E-state index in [-0.39, 0.29) is 12.3 Å². The quantitative estimate of drug-likeness (QED) is 0.125. The Morgan fingerprint density at radius 1 is 0.848 bits per heavy atom. The summed E-state index contributed by atoms with van der Waals surface area (Å²) in [5.41, 5.74) is 11.0. The summed E-state index contributed by atoms with van der Waals surface area (Å²) in [6.07, 6.45) is 0.773. The molecule has 0 saturated carbocycles. The van der Waals surface area contributed by atoms with E-state index in [0.29, 0.717) is 12.2 Å². The van der Waals surface area contributed by atoms with E-state index in [1.54, 1.807) is 6.26 Å². The minimum absolute atomic E-state index is 0.140. The summed E-state index contributed by atoms with van der Waals surface area (Å²) >= 11 is 1.41. The third-order valence-corrected chi connectivity index (χ3v) is 4.98. The molecule has 13 nitrogen and oxygen atoms in total. The second-order valence-corrected chi connectivity index (χ2v) is 8.79. The van der Waals surface area contributed by atoms with Crippen molar-refractivity contribution in [2.45, 2.75) is 63.7 Å². The molecule has 0 aliphatic carbocycles. The Morgan fingerprint density at radius 2 is 1.36 bits per heavy atom. The Balaban J connectivity index is 5.49. The van der Waals surface area contributed by atoms with Gasteiger partial charge in [0, 0.05) is 0 Å². The molecule has 0 aromatic rings. The highest BCUT2D eigenvalue weighted by atomic mass is 32.2. The molecule has 0 aromatic heterocycles. The minimum Gasteiger partial charge on any atom is -0.481 e. The third-order valence-electron chi connectivity index (χ3n) is 4.34. The van der Waals surface area contributed by atoms with Gasteiger partial charge in [0.05, 0.1) is 18.9 Å². The van der Waals surface area contributed by atoms with Crippen molar-refractivity contribution in [1.29, 1.82) is 0 Å². The molecule has 0 radical (unpaired) electrons.